The third-order valence-electron chi connectivity index (χ3n) is 5.62. The Labute approximate surface area is 149 Å². The lowest BCUT2D eigenvalue weighted by Crippen LogP contribution is -2.31. The Bertz CT molecular complexity index is 727. The molecule has 5 heteroatoms. The molecule has 0 saturated carbocycles. The highest BCUT2D eigenvalue weighted by Gasteiger charge is 2.33. The minimum Gasteiger partial charge on any atom is -0.497 e. The number of benzene rings is 1. The summed E-state index contributed by atoms with van der Waals surface area (Å²) in [5, 5.41) is 3.81. The molecule has 2 aromatic rings. The van der Waals surface area contributed by atoms with Crippen molar-refractivity contribution in [3.63, 3.8) is 0 Å². The van der Waals surface area contributed by atoms with Crippen LogP contribution < -0.4 is 10.1 Å². The van der Waals surface area contributed by atoms with E-state index in [4.69, 9.17) is 9.47 Å². The smallest absolute Gasteiger partial charge is 0.137 e. The number of nitrogens with zero attached hydrogens (tertiary/aromatic N) is 2. The van der Waals surface area contributed by atoms with Crippen LogP contribution in [-0.2, 0) is 18.2 Å². The molecule has 1 aliphatic carbocycles. The lowest BCUT2D eigenvalue weighted by Gasteiger charge is -2.29. The first-order valence-corrected chi connectivity index (χ1v) is 9.25. The van der Waals surface area contributed by atoms with E-state index in [1.807, 2.05) is 19.4 Å². The fourth-order valence-electron chi connectivity index (χ4n) is 4.20. The maximum absolute atomic E-state index is 5.99. The molecule has 1 aliphatic heterocycles. The molecule has 1 N–H and O–H groups in total. The normalized spacial score (nSPS) is 25.8. The molecule has 134 valence electrons. The van der Waals surface area contributed by atoms with Crippen molar-refractivity contribution >= 4 is 0 Å². The minimum absolute atomic E-state index is 0.103. The Kier molecular flexibility index (Phi) is 4.77. The second kappa shape index (κ2) is 7.18. The van der Waals surface area contributed by atoms with Crippen molar-refractivity contribution in [1.82, 2.24) is 14.9 Å². The summed E-state index contributed by atoms with van der Waals surface area (Å²) in [4.78, 5) is 4.49. The predicted molar refractivity (Wildman–Crippen MR) is 96.7 cm³/mol. The number of fused-ring (bicyclic) bond motifs is 1. The first-order chi connectivity index (χ1) is 12.3. The molecule has 3 atom stereocenters. The molecule has 0 bridgehead atoms. The summed E-state index contributed by atoms with van der Waals surface area (Å²) in [5.74, 6) is 2.47. The number of ether oxygens (including phenoxy) is 2. The third kappa shape index (κ3) is 3.31. The summed E-state index contributed by atoms with van der Waals surface area (Å²) in [6.45, 7) is 1.79. The van der Waals surface area contributed by atoms with Gasteiger partial charge in [-0.3, -0.25) is 0 Å². The summed E-state index contributed by atoms with van der Waals surface area (Å²) in [5.41, 5.74) is 2.85. The molecular formula is C20H27N3O2. The van der Waals surface area contributed by atoms with Crippen LogP contribution in [-0.4, -0.2) is 29.8 Å². The van der Waals surface area contributed by atoms with E-state index in [2.05, 4.69) is 33.1 Å². The Morgan fingerprint density at radius 1 is 1.36 bits per heavy atom. The van der Waals surface area contributed by atoms with Crippen molar-refractivity contribution in [3.8, 4) is 5.75 Å². The van der Waals surface area contributed by atoms with Gasteiger partial charge in [0.2, 0.25) is 0 Å². The quantitative estimate of drug-likeness (QED) is 0.907. The zero-order chi connectivity index (χ0) is 17.2. The Balaban J connectivity index is 1.44. The standard InChI is InChI=1S/C20H27N3O2/c1-23-10-9-21-20(23)19-15(8-11-25-19)13-22-18-5-3-4-14-12-16(24-2)6-7-17(14)18/h6-7,9-10,12,15,18-19,22H,3-5,8,11,13H2,1-2H3/t15-,18?,19+/m0/s1. The van der Waals surface area contributed by atoms with Gasteiger partial charge in [-0.15, -0.1) is 0 Å². The second-order valence-corrected chi connectivity index (χ2v) is 7.15. The maximum atomic E-state index is 5.99. The van der Waals surface area contributed by atoms with E-state index >= 15 is 0 Å². The number of imidazole rings is 1. The molecule has 0 radical (unpaired) electrons. The van der Waals surface area contributed by atoms with Crippen LogP contribution in [0.4, 0.5) is 0 Å². The molecule has 0 spiro atoms. The van der Waals surface area contributed by atoms with Gasteiger partial charge >= 0.3 is 0 Å². The zero-order valence-corrected chi connectivity index (χ0v) is 15.1. The minimum atomic E-state index is 0.103. The fourth-order valence-corrected chi connectivity index (χ4v) is 4.20. The van der Waals surface area contributed by atoms with Crippen molar-refractivity contribution in [3.05, 3.63) is 47.5 Å². The topological polar surface area (TPSA) is 48.3 Å². The summed E-state index contributed by atoms with van der Waals surface area (Å²) < 4.78 is 13.4. The lowest BCUT2D eigenvalue weighted by atomic mass is 9.87. The molecule has 5 nitrogen and oxygen atoms in total. The monoisotopic (exact) mass is 341 g/mol. The van der Waals surface area contributed by atoms with Crippen LogP contribution in [0.5, 0.6) is 5.75 Å². The van der Waals surface area contributed by atoms with Gasteiger partial charge in [0.05, 0.1) is 7.11 Å². The first-order valence-electron chi connectivity index (χ1n) is 9.25. The van der Waals surface area contributed by atoms with Crippen LogP contribution in [0.25, 0.3) is 0 Å². The van der Waals surface area contributed by atoms with Crippen molar-refractivity contribution < 1.29 is 9.47 Å². The van der Waals surface area contributed by atoms with Gasteiger partial charge in [-0.25, -0.2) is 4.98 Å². The number of hydrogen-bond acceptors (Lipinski definition) is 4. The van der Waals surface area contributed by atoms with E-state index in [1.54, 1.807) is 7.11 Å². The SMILES string of the molecule is COc1ccc2c(c1)CCCC2NC[C@@H]1CCO[C@H]1c1nccn1C. The van der Waals surface area contributed by atoms with Gasteiger partial charge in [0, 0.05) is 44.6 Å². The fraction of sp³-hybridized carbons (Fsp3) is 0.550. The van der Waals surface area contributed by atoms with Gasteiger partial charge in [-0.05, 0) is 48.9 Å². The summed E-state index contributed by atoms with van der Waals surface area (Å²) in [6, 6.07) is 6.93. The molecule has 1 aromatic heterocycles. The summed E-state index contributed by atoms with van der Waals surface area (Å²) in [6.07, 6.45) is 8.60. The number of rotatable bonds is 5. The van der Waals surface area contributed by atoms with Crippen molar-refractivity contribution in [2.75, 3.05) is 20.3 Å². The van der Waals surface area contributed by atoms with Gasteiger partial charge in [-0.2, -0.15) is 0 Å². The molecule has 1 aromatic carbocycles. The highest BCUT2D eigenvalue weighted by atomic mass is 16.5. The van der Waals surface area contributed by atoms with Crippen LogP contribution >= 0.6 is 0 Å². The van der Waals surface area contributed by atoms with E-state index in [1.165, 1.54) is 24.0 Å². The van der Waals surface area contributed by atoms with Crippen LogP contribution in [0.3, 0.4) is 0 Å². The van der Waals surface area contributed by atoms with Crippen molar-refractivity contribution in [2.45, 2.75) is 37.8 Å². The molecule has 25 heavy (non-hydrogen) atoms. The van der Waals surface area contributed by atoms with Gasteiger partial charge in [0.1, 0.15) is 17.7 Å². The van der Waals surface area contributed by atoms with Crippen molar-refractivity contribution in [2.24, 2.45) is 13.0 Å². The second-order valence-electron chi connectivity index (χ2n) is 7.15. The zero-order valence-electron chi connectivity index (χ0n) is 15.1. The Morgan fingerprint density at radius 2 is 2.28 bits per heavy atom. The largest absolute Gasteiger partial charge is 0.497 e. The molecular weight excluding hydrogens is 314 g/mol. The average Bonchev–Trinajstić information content (AvgIpc) is 3.27. The van der Waals surface area contributed by atoms with E-state index in [9.17, 15) is 0 Å². The van der Waals surface area contributed by atoms with Gasteiger partial charge in [-0.1, -0.05) is 6.07 Å². The highest BCUT2D eigenvalue weighted by Crippen LogP contribution is 2.35. The van der Waals surface area contributed by atoms with E-state index in [-0.39, 0.29) is 6.10 Å². The van der Waals surface area contributed by atoms with Gasteiger partial charge < -0.3 is 19.4 Å². The first kappa shape index (κ1) is 16.6. The number of methoxy groups -OCH3 is 1. The van der Waals surface area contributed by atoms with Crippen LogP contribution in [0.1, 0.15) is 48.4 Å². The molecule has 2 heterocycles. The molecule has 2 aliphatic rings. The number of aromatic nitrogens is 2. The van der Waals surface area contributed by atoms with Crippen LogP contribution in [0.2, 0.25) is 0 Å². The molecule has 1 fully saturated rings. The molecule has 1 saturated heterocycles. The van der Waals surface area contributed by atoms with Crippen LogP contribution in [0.15, 0.2) is 30.6 Å². The maximum Gasteiger partial charge on any atom is 0.137 e. The molecule has 1 unspecified atom stereocenters. The highest BCUT2D eigenvalue weighted by molar-refractivity contribution is 5.39. The van der Waals surface area contributed by atoms with Crippen LogP contribution in [0, 0.1) is 5.92 Å². The number of aryl methyl sites for hydroxylation is 2. The van der Waals surface area contributed by atoms with Gasteiger partial charge in [0.25, 0.3) is 0 Å². The molecule has 4 rings (SSSR count). The average molecular weight is 341 g/mol. The van der Waals surface area contributed by atoms with E-state index in [0.29, 0.717) is 12.0 Å². The van der Waals surface area contributed by atoms with E-state index < -0.39 is 0 Å². The number of hydrogen-bond donors (Lipinski definition) is 1. The summed E-state index contributed by atoms with van der Waals surface area (Å²) in [7, 11) is 3.78. The predicted octanol–water partition coefficient (Wildman–Crippen LogP) is 3.17. The van der Waals surface area contributed by atoms with Crippen molar-refractivity contribution in [1.29, 1.82) is 0 Å². The summed E-state index contributed by atoms with van der Waals surface area (Å²) >= 11 is 0. The Hall–Kier alpha value is -1.85. The molecule has 0 amide bonds. The lowest BCUT2D eigenvalue weighted by molar-refractivity contribution is 0.0803. The van der Waals surface area contributed by atoms with Gasteiger partial charge in [0.15, 0.2) is 0 Å². The number of nitrogens with one attached hydrogen (secondary N) is 1. The third-order valence-corrected chi connectivity index (χ3v) is 5.62. The Morgan fingerprint density at radius 3 is 3.08 bits per heavy atom. The van der Waals surface area contributed by atoms with E-state index in [0.717, 1.165) is 37.6 Å².